The van der Waals surface area contributed by atoms with Gasteiger partial charge in [0.1, 0.15) is 20.3 Å². The van der Waals surface area contributed by atoms with Crippen molar-refractivity contribution in [2.24, 2.45) is 50.7 Å². The van der Waals surface area contributed by atoms with Crippen molar-refractivity contribution in [3.05, 3.63) is 0 Å². The zero-order chi connectivity index (χ0) is 22.4. The Bertz CT molecular complexity index is 765. The van der Waals surface area contributed by atoms with E-state index in [9.17, 15) is 4.79 Å². The van der Waals surface area contributed by atoms with E-state index in [2.05, 4.69) is 31.1 Å². The lowest BCUT2D eigenvalue weighted by molar-refractivity contribution is -0.159. The molecule has 8 atom stereocenters. The second-order valence-corrected chi connectivity index (χ2v) is 11.0. The molecular formula is C25H40N2O4. The van der Waals surface area contributed by atoms with E-state index < -0.39 is 0 Å². The highest BCUT2D eigenvalue weighted by atomic mass is 16.6. The first-order chi connectivity index (χ1) is 14.7. The highest BCUT2D eigenvalue weighted by Crippen LogP contribution is 2.67. The molecule has 0 aromatic heterocycles. The van der Waals surface area contributed by atoms with Crippen molar-refractivity contribution >= 4 is 17.4 Å². The van der Waals surface area contributed by atoms with Gasteiger partial charge in [-0.25, -0.2) is 0 Å². The van der Waals surface area contributed by atoms with Gasteiger partial charge in [-0.05, 0) is 92.8 Å². The third-order valence-electron chi connectivity index (χ3n) is 9.67. The van der Waals surface area contributed by atoms with Crippen molar-refractivity contribution in [1.29, 1.82) is 0 Å². The number of rotatable bonds is 4. The van der Waals surface area contributed by atoms with Gasteiger partial charge in [-0.1, -0.05) is 24.2 Å². The quantitative estimate of drug-likeness (QED) is 0.347. The Balaban J connectivity index is 1.60. The minimum atomic E-state index is -0.134. The van der Waals surface area contributed by atoms with Crippen molar-refractivity contribution in [3.8, 4) is 0 Å². The fraction of sp³-hybridized carbons (Fsp3) is 0.880. The lowest BCUT2D eigenvalue weighted by Crippen LogP contribution is -2.54. The van der Waals surface area contributed by atoms with Crippen LogP contribution in [0.3, 0.4) is 0 Å². The van der Waals surface area contributed by atoms with Gasteiger partial charge >= 0.3 is 5.97 Å². The summed E-state index contributed by atoms with van der Waals surface area (Å²) in [6.07, 6.45) is 9.32. The number of fused-ring (bicyclic) bond motifs is 5. The fourth-order valence-electron chi connectivity index (χ4n) is 8.50. The van der Waals surface area contributed by atoms with Gasteiger partial charge < -0.3 is 14.4 Å². The van der Waals surface area contributed by atoms with Gasteiger partial charge in [-0.15, -0.1) is 0 Å². The summed E-state index contributed by atoms with van der Waals surface area (Å²) in [6, 6.07) is 0. The summed E-state index contributed by atoms with van der Waals surface area (Å²) in [5, 5.41) is 8.81. The number of hydrogen-bond acceptors (Lipinski definition) is 6. The standard InChI is InChI=1S/C25H40N2O4/c1-15(26-29-5)23-22(27-30-6)14-21-19-8-7-17-13-18(31-16(2)28)9-11-24(17,3)20(19)10-12-25(21,23)4/h17-21,23H,7-14H2,1-6H3/b26-15+,27-22-/t17-,18-,19+,20-,21-,23-,24-,25-/m0/s1. The van der Waals surface area contributed by atoms with E-state index in [0.29, 0.717) is 23.2 Å². The van der Waals surface area contributed by atoms with Crippen LogP contribution in [-0.4, -0.2) is 37.7 Å². The number of esters is 1. The monoisotopic (exact) mass is 432 g/mol. The van der Waals surface area contributed by atoms with Crippen LogP contribution in [0.15, 0.2) is 10.3 Å². The lowest BCUT2D eigenvalue weighted by atomic mass is 9.44. The van der Waals surface area contributed by atoms with Gasteiger partial charge in [0.15, 0.2) is 0 Å². The van der Waals surface area contributed by atoms with Gasteiger partial charge in [-0.2, -0.15) is 0 Å². The van der Waals surface area contributed by atoms with E-state index >= 15 is 0 Å². The third-order valence-corrected chi connectivity index (χ3v) is 9.67. The smallest absolute Gasteiger partial charge is 0.302 e. The molecule has 4 fully saturated rings. The summed E-state index contributed by atoms with van der Waals surface area (Å²) >= 11 is 0. The maximum absolute atomic E-state index is 11.5. The van der Waals surface area contributed by atoms with E-state index in [4.69, 9.17) is 14.4 Å². The molecule has 6 heteroatoms. The predicted molar refractivity (Wildman–Crippen MR) is 121 cm³/mol. The normalized spacial score (nSPS) is 46.0. The SMILES string of the molecule is CO/N=C1/C[C@H]2[C@@H]3CC[C@H]4C[C@@H](OC(C)=O)CC[C@]4(C)[C@H]3CC[C@]2(C)[C@H]1/C(C)=N/OC. The molecule has 4 saturated carbocycles. The summed E-state index contributed by atoms with van der Waals surface area (Å²) in [5.41, 5.74) is 2.67. The number of carbonyl (C=O) groups excluding carboxylic acids is 1. The molecule has 0 radical (unpaired) electrons. The average molecular weight is 433 g/mol. The van der Waals surface area contributed by atoms with Gasteiger partial charge in [-0.3, -0.25) is 4.79 Å². The minimum absolute atomic E-state index is 0.116. The van der Waals surface area contributed by atoms with Gasteiger partial charge in [0, 0.05) is 12.8 Å². The van der Waals surface area contributed by atoms with E-state index in [1.54, 1.807) is 14.2 Å². The largest absolute Gasteiger partial charge is 0.463 e. The Kier molecular flexibility index (Phi) is 6.12. The van der Waals surface area contributed by atoms with Gasteiger partial charge in [0.05, 0.1) is 11.4 Å². The second kappa shape index (κ2) is 8.40. The fourth-order valence-corrected chi connectivity index (χ4v) is 8.50. The van der Waals surface area contributed by atoms with Crippen LogP contribution in [0.5, 0.6) is 0 Å². The van der Waals surface area contributed by atoms with Crippen molar-refractivity contribution in [1.82, 2.24) is 0 Å². The highest BCUT2D eigenvalue weighted by molar-refractivity contribution is 6.08. The van der Waals surface area contributed by atoms with E-state index in [-0.39, 0.29) is 23.4 Å². The Morgan fingerprint density at radius 2 is 1.71 bits per heavy atom. The third kappa shape index (κ3) is 3.68. The summed E-state index contributed by atoms with van der Waals surface area (Å²) in [6.45, 7) is 8.61. The zero-order valence-corrected chi connectivity index (χ0v) is 20.1. The Hall–Kier alpha value is -1.59. The first-order valence-corrected chi connectivity index (χ1v) is 12.1. The summed E-state index contributed by atoms with van der Waals surface area (Å²) in [4.78, 5) is 21.9. The molecule has 0 saturated heterocycles. The van der Waals surface area contributed by atoms with Crippen LogP contribution >= 0.6 is 0 Å². The number of carbonyl (C=O) groups is 1. The molecule has 4 aliphatic carbocycles. The average Bonchev–Trinajstić information content (AvgIpc) is 3.00. The second-order valence-electron chi connectivity index (χ2n) is 11.0. The first-order valence-electron chi connectivity index (χ1n) is 12.1. The first kappa shape index (κ1) is 22.6. The van der Waals surface area contributed by atoms with Crippen molar-refractivity contribution in [3.63, 3.8) is 0 Å². The number of nitrogens with zero attached hydrogens (tertiary/aromatic N) is 2. The van der Waals surface area contributed by atoms with Crippen LogP contribution in [0, 0.1) is 40.4 Å². The number of hydrogen-bond donors (Lipinski definition) is 0. The van der Waals surface area contributed by atoms with Crippen LogP contribution < -0.4 is 0 Å². The minimum Gasteiger partial charge on any atom is -0.463 e. The summed E-state index contributed by atoms with van der Waals surface area (Å²) in [5.74, 6) is 2.79. The Morgan fingerprint density at radius 1 is 0.968 bits per heavy atom. The van der Waals surface area contributed by atoms with Crippen LogP contribution in [0.1, 0.15) is 79.1 Å². The molecule has 0 N–H and O–H groups in total. The molecule has 0 spiro atoms. The molecule has 6 nitrogen and oxygen atoms in total. The maximum Gasteiger partial charge on any atom is 0.302 e. The topological polar surface area (TPSA) is 69.5 Å². The lowest BCUT2D eigenvalue weighted by Gasteiger charge is -2.60. The predicted octanol–water partition coefficient (Wildman–Crippen LogP) is 5.21. The molecule has 4 aliphatic rings. The van der Waals surface area contributed by atoms with Crippen molar-refractivity contribution in [2.75, 3.05) is 14.2 Å². The molecule has 0 aliphatic heterocycles. The molecule has 0 heterocycles. The van der Waals surface area contributed by atoms with Gasteiger partial charge in [0.25, 0.3) is 0 Å². The van der Waals surface area contributed by atoms with Crippen LogP contribution in [0.2, 0.25) is 0 Å². The Labute approximate surface area is 187 Å². The molecule has 31 heavy (non-hydrogen) atoms. The number of ether oxygens (including phenoxy) is 1. The molecule has 174 valence electrons. The molecule has 0 unspecified atom stereocenters. The van der Waals surface area contributed by atoms with Crippen LogP contribution in [0.25, 0.3) is 0 Å². The molecule has 0 amide bonds. The number of oxime groups is 2. The Morgan fingerprint density at radius 3 is 2.39 bits per heavy atom. The summed E-state index contributed by atoms with van der Waals surface area (Å²) in [7, 11) is 3.27. The summed E-state index contributed by atoms with van der Waals surface area (Å²) < 4.78 is 5.62. The van der Waals surface area contributed by atoms with Crippen molar-refractivity contribution in [2.45, 2.75) is 85.2 Å². The maximum atomic E-state index is 11.5. The highest BCUT2D eigenvalue weighted by Gasteiger charge is 2.62. The van der Waals surface area contributed by atoms with E-state index in [1.807, 2.05) is 0 Å². The molecular weight excluding hydrogens is 392 g/mol. The van der Waals surface area contributed by atoms with E-state index in [0.717, 1.165) is 36.6 Å². The molecule has 0 aromatic rings. The van der Waals surface area contributed by atoms with Crippen LogP contribution in [0.4, 0.5) is 0 Å². The molecule has 0 aromatic carbocycles. The zero-order valence-electron chi connectivity index (χ0n) is 20.1. The molecule has 4 rings (SSSR count). The van der Waals surface area contributed by atoms with Gasteiger partial charge in [0.2, 0.25) is 0 Å². The van der Waals surface area contributed by atoms with Crippen molar-refractivity contribution < 1.29 is 19.2 Å². The molecule has 0 bridgehead atoms. The van der Waals surface area contributed by atoms with Crippen LogP contribution in [-0.2, 0) is 19.2 Å². The van der Waals surface area contributed by atoms with E-state index in [1.165, 1.54) is 39.0 Å².